The number of amides is 1. The number of nitrogens with one attached hydrogen (secondary N) is 1. The summed E-state index contributed by atoms with van der Waals surface area (Å²) in [7, 11) is 2.05. The average Bonchev–Trinajstić information content (AvgIpc) is 3.04. The van der Waals surface area contributed by atoms with Crippen LogP contribution < -0.4 is 5.32 Å². The minimum atomic E-state index is -0.137. The van der Waals surface area contributed by atoms with Gasteiger partial charge in [0.15, 0.2) is 5.82 Å². The fraction of sp³-hybridized carbons (Fsp3) is 0.333. The first kappa shape index (κ1) is 18.0. The second kappa shape index (κ2) is 7.20. The van der Waals surface area contributed by atoms with E-state index in [1.54, 1.807) is 6.07 Å². The molecule has 3 rings (SSSR count). The highest BCUT2D eigenvalue weighted by atomic mass is 16.5. The maximum Gasteiger partial charge on any atom is 0.230 e. The van der Waals surface area contributed by atoms with Crippen LogP contribution in [-0.2, 0) is 16.6 Å². The second-order valence-electron chi connectivity index (χ2n) is 7.67. The standard InChI is InChI=1S/C21H25N3O2/c1-21(2,3)18-13-19(23-26-18)22-20(25)12-15-7-9-16(10-8-15)17-6-5-11-24(4)14-17/h5-10,13-14H,11-12H2,1-4H3,(H,22,23,25). The van der Waals surface area contributed by atoms with Gasteiger partial charge in [-0.3, -0.25) is 4.79 Å². The number of hydrogen-bond acceptors (Lipinski definition) is 4. The summed E-state index contributed by atoms with van der Waals surface area (Å²) in [6.07, 6.45) is 6.69. The zero-order chi connectivity index (χ0) is 18.7. The molecule has 0 saturated heterocycles. The summed E-state index contributed by atoms with van der Waals surface area (Å²) >= 11 is 0. The summed E-state index contributed by atoms with van der Waals surface area (Å²) in [4.78, 5) is 14.4. The first-order valence-corrected chi connectivity index (χ1v) is 8.76. The Hall–Kier alpha value is -2.82. The van der Waals surface area contributed by atoms with E-state index in [1.807, 2.05) is 45.0 Å². The molecule has 2 heterocycles. The number of benzene rings is 1. The van der Waals surface area contributed by atoms with Gasteiger partial charge < -0.3 is 14.7 Å². The van der Waals surface area contributed by atoms with E-state index < -0.39 is 0 Å². The lowest BCUT2D eigenvalue weighted by Gasteiger charge is -2.18. The largest absolute Gasteiger partial charge is 0.376 e. The lowest BCUT2D eigenvalue weighted by atomic mass is 9.93. The van der Waals surface area contributed by atoms with Gasteiger partial charge in [0.05, 0.1) is 6.42 Å². The van der Waals surface area contributed by atoms with E-state index in [9.17, 15) is 4.79 Å². The SMILES string of the molecule is CN1C=C(c2ccc(CC(=O)Nc3cc(C(C)(C)C)on3)cc2)C=CC1. The smallest absolute Gasteiger partial charge is 0.230 e. The fourth-order valence-corrected chi connectivity index (χ4v) is 2.72. The molecule has 0 radical (unpaired) electrons. The Morgan fingerprint density at radius 1 is 1.27 bits per heavy atom. The molecule has 2 aromatic rings. The number of rotatable bonds is 4. The Labute approximate surface area is 154 Å². The highest BCUT2D eigenvalue weighted by Gasteiger charge is 2.20. The third-order valence-electron chi connectivity index (χ3n) is 4.22. The first-order valence-electron chi connectivity index (χ1n) is 8.76. The van der Waals surface area contributed by atoms with E-state index in [0.29, 0.717) is 12.2 Å². The van der Waals surface area contributed by atoms with Gasteiger partial charge in [-0.1, -0.05) is 62.3 Å². The number of likely N-dealkylation sites (N-methyl/N-ethyl adjacent to an activating group) is 1. The Morgan fingerprint density at radius 2 is 2.00 bits per heavy atom. The van der Waals surface area contributed by atoms with Crippen molar-refractivity contribution in [1.29, 1.82) is 0 Å². The van der Waals surface area contributed by atoms with E-state index in [4.69, 9.17) is 4.52 Å². The van der Waals surface area contributed by atoms with Gasteiger partial charge >= 0.3 is 0 Å². The van der Waals surface area contributed by atoms with E-state index in [0.717, 1.165) is 23.4 Å². The Morgan fingerprint density at radius 3 is 2.62 bits per heavy atom. The van der Waals surface area contributed by atoms with Crippen LogP contribution in [0.1, 0.15) is 37.7 Å². The van der Waals surface area contributed by atoms with Crippen molar-refractivity contribution in [3.8, 4) is 0 Å². The number of aromatic nitrogens is 1. The molecule has 5 nitrogen and oxygen atoms in total. The Kier molecular flexibility index (Phi) is 4.98. The van der Waals surface area contributed by atoms with Gasteiger partial charge in [-0.15, -0.1) is 0 Å². The molecule has 26 heavy (non-hydrogen) atoms. The van der Waals surface area contributed by atoms with Crippen LogP contribution in [-0.4, -0.2) is 29.6 Å². The summed E-state index contributed by atoms with van der Waals surface area (Å²) in [5.41, 5.74) is 3.14. The molecule has 1 aromatic carbocycles. The molecule has 0 spiro atoms. The molecular weight excluding hydrogens is 326 g/mol. The average molecular weight is 351 g/mol. The zero-order valence-electron chi connectivity index (χ0n) is 15.7. The number of allylic oxidation sites excluding steroid dienone is 2. The minimum Gasteiger partial charge on any atom is -0.376 e. The van der Waals surface area contributed by atoms with E-state index in [2.05, 4.69) is 40.8 Å². The molecule has 136 valence electrons. The van der Waals surface area contributed by atoms with Gasteiger partial charge in [0.1, 0.15) is 5.76 Å². The van der Waals surface area contributed by atoms with Crippen LogP contribution >= 0.6 is 0 Å². The molecular formula is C21H25N3O2. The number of carbonyl (C=O) groups excluding carboxylic acids is 1. The lowest BCUT2D eigenvalue weighted by Crippen LogP contribution is -2.15. The summed E-state index contributed by atoms with van der Waals surface area (Å²) in [5.74, 6) is 1.09. The highest BCUT2D eigenvalue weighted by molar-refractivity contribution is 5.91. The van der Waals surface area contributed by atoms with Crippen molar-refractivity contribution in [2.45, 2.75) is 32.6 Å². The van der Waals surface area contributed by atoms with Gasteiger partial charge in [0.25, 0.3) is 0 Å². The van der Waals surface area contributed by atoms with Gasteiger partial charge in [-0.05, 0) is 16.7 Å². The van der Waals surface area contributed by atoms with Crippen LogP contribution in [0.4, 0.5) is 5.82 Å². The van der Waals surface area contributed by atoms with Crippen LogP contribution in [0.5, 0.6) is 0 Å². The summed E-state index contributed by atoms with van der Waals surface area (Å²) in [6, 6.07) is 9.85. The lowest BCUT2D eigenvalue weighted by molar-refractivity contribution is -0.115. The molecule has 1 N–H and O–H groups in total. The van der Waals surface area contributed by atoms with Crippen molar-refractivity contribution in [3.63, 3.8) is 0 Å². The molecule has 5 heteroatoms. The van der Waals surface area contributed by atoms with Crippen molar-refractivity contribution in [2.24, 2.45) is 0 Å². The summed E-state index contributed by atoms with van der Waals surface area (Å²) in [5, 5.41) is 6.71. The maximum atomic E-state index is 12.2. The van der Waals surface area contributed by atoms with Crippen LogP contribution in [0.2, 0.25) is 0 Å². The third-order valence-corrected chi connectivity index (χ3v) is 4.22. The van der Waals surface area contributed by atoms with Gasteiger partial charge in [-0.25, -0.2) is 0 Å². The highest BCUT2D eigenvalue weighted by Crippen LogP contribution is 2.24. The van der Waals surface area contributed by atoms with Crippen LogP contribution in [0.25, 0.3) is 5.57 Å². The molecule has 1 amide bonds. The van der Waals surface area contributed by atoms with Crippen molar-refractivity contribution >= 4 is 17.3 Å². The molecule has 0 fully saturated rings. The van der Waals surface area contributed by atoms with Gasteiger partial charge in [0, 0.05) is 31.3 Å². The zero-order valence-corrected chi connectivity index (χ0v) is 15.7. The molecule has 0 atom stereocenters. The van der Waals surface area contributed by atoms with Gasteiger partial charge in [0.2, 0.25) is 5.91 Å². The van der Waals surface area contributed by atoms with E-state index >= 15 is 0 Å². The number of carbonyl (C=O) groups is 1. The topological polar surface area (TPSA) is 58.4 Å². The first-order chi connectivity index (χ1) is 12.3. The predicted octanol–water partition coefficient (Wildman–Crippen LogP) is 4.00. The van der Waals surface area contributed by atoms with E-state index in [1.165, 1.54) is 5.57 Å². The number of nitrogens with zero attached hydrogens (tertiary/aromatic N) is 2. The van der Waals surface area contributed by atoms with Crippen molar-refractivity contribution in [2.75, 3.05) is 18.9 Å². The summed E-state index contributed by atoms with van der Waals surface area (Å²) in [6.45, 7) is 7.04. The normalized spacial score (nSPS) is 14.3. The predicted molar refractivity (Wildman–Crippen MR) is 104 cm³/mol. The molecule has 1 aliphatic heterocycles. The Bertz CT molecular complexity index is 839. The number of anilines is 1. The van der Waals surface area contributed by atoms with Crippen LogP contribution in [0.3, 0.4) is 0 Å². The minimum absolute atomic E-state index is 0.108. The molecule has 0 bridgehead atoms. The maximum absolute atomic E-state index is 12.2. The molecule has 1 aliphatic rings. The number of hydrogen-bond donors (Lipinski definition) is 1. The monoisotopic (exact) mass is 351 g/mol. The van der Waals surface area contributed by atoms with Gasteiger partial charge in [-0.2, -0.15) is 0 Å². The second-order valence-corrected chi connectivity index (χ2v) is 7.67. The molecule has 0 saturated carbocycles. The molecule has 0 unspecified atom stereocenters. The van der Waals surface area contributed by atoms with E-state index in [-0.39, 0.29) is 11.3 Å². The molecule has 1 aromatic heterocycles. The third kappa shape index (κ3) is 4.42. The summed E-state index contributed by atoms with van der Waals surface area (Å²) < 4.78 is 5.29. The molecule has 0 aliphatic carbocycles. The van der Waals surface area contributed by atoms with Crippen molar-refractivity contribution in [1.82, 2.24) is 10.1 Å². The Balaban J connectivity index is 1.61. The van der Waals surface area contributed by atoms with Crippen molar-refractivity contribution < 1.29 is 9.32 Å². The van der Waals surface area contributed by atoms with Crippen molar-refractivity contribution in [3.05, 3.63) is 65.6 Å². The fourth-order valence-electron chi connectivity index (χ4n) is 2.72. The van der Waals surface area contributed by atoms with Crippen LogP contribution in [0, 0.1) is 0 Å². The van der Waals surface area contributed by atoms with Crippen LogP contribution in [0.15, 0.2) is 53.2 Å². The quantitative estimate of drug-likeness (QED) is 0.905.